The molecule has 0 radical (unpaired) electrons. The summed E-state index contributed by atoms with van der Waals surface area (Å²) >= 11 is 0. The van der Waals surface area contributed by atoms with Crippen LogP contribution in [0.25, 0.3) is 0 Å². The summed E-state index contributed by atoms with van der Waals surface area (Å²) in [5, 5.41) is 0. The van der Waals surface area contributed by atoms with E-state index in [0.29, 0.717) is 18.4 Å². The summed E-state index contributed by atoms with van der Waals surface area (Å²) in [6, 6.07) is 0. The minimum atomic E-state index is -0.229. The molecule has 0 aliphatic carbocycles. The van der Waals surface area contributed by atoms with Crippen molar-refractivity contribution in [3.05, 3.63) is 0 Å². The van der Waals surface area contributed by atoms with Crippen LogP contribution in [0.15, 0.2) is 0 Å². The third-order valence-electron chi connectivity index (χ3n) is 3.95. The molecule has 1 rings (SSSR count). The van der Waals surface area contributed by atoms with E-state index in [1.54, 1.807) is 0 Å². The highest BCUT2D eigenvalue weighted by Crippen LogP contribution is 2.29. The van der Waals surface area contributed by atoms with E-state index in [9.17, 15) is 9.59 Å². The van der Waals surface area contributed by atoms with Gasteiger partial charge in [0, 0.05) is 32.9 Å². The highest BCUT2D eigenvalue weighted by atomic mass is 16.5. The van der Waals surface area contributed by atoms with E-state index >= 15 is 0 Å². The summed E-state index contributed by atoms with van der Waals surface area (Å²) < 4.78 is 10.4. The molecule has 1 aliphatic rings. The van der Waals surface area contributed by atoms with Gasteiger partial charge in [-0.2, -0.15) is 0 Å². The van der Waals surface area contributed by atoms with Crippen LogP contribution in [0.2, 0.25) is 0 Å². The summed E-state index contributed by atoms with van der Waals surface area (Å²) in [6.07, 6.45) is 2.75. The molecular formula is C15H27NO4. The average molecular weight is 285 g/mol. The Balaban J connectivity index is 2.45. The first-order valence-corrected chi connectivity index (χ1v) is 7.39. The van der Waals surface area contributed by atoms with Gasteiger partial charge in [0.2, 0.25) is 0 Å². The number of ether oxygens (including phenoxy) is 2. The Morgan fingerprint density at radius 2 is 2.00 bits per heavy atom. The van der Waals surface area contributed by atoms with Gasteiger partial charge in [-0.05, 0) is 32.2 Å². The van der Waals surface area contributed by atoms with Crippen LogP contribution in [-0.2, 0) is 19.1 Å². The second-order valence-electron chi connectivity index (χ2n) is 5.82. The largest absolute Gasteiger partial charge is 0.466 e. The minimum Gasteiger partial charge on any atom is -0.466 e. The normalized spacial score (nSPS) is 25.0. The lowest BCUT2D eigenvalue weighted by Gasteiger charge is -2.39. The fraction of sp³-hybridized carbons (Fsp3) is 0.867. The van der Waals surface area contributed by atoms with E-state index in [1.165, 1.54) is 13.8 Å². The van der Waals surface area contributed by atoms with Gasteiger partial charge in [0.05, 0.1) is 6.61 Å². The van der Waals surface area contributed by atoms with Crippen LogP contribution >= 0.6 is 0 Å². The molecular weight excluding hydrogens is 258 g/mol. The van der Waals surface area contributed by atoms with Crippen molar-refractivity contribution in [1.29, 1.82) is 0 Å². The molecule has 0 N–H and O–H groups in total. The molecule has 20 heavy (non-hydrogen) atoms. The molecule has 3 unspecified atom stereocenters. The zero-order valence-corrected chi connectivity index (χ0v) is 13.1. The van der Waals surface area contributed by atoms with Gasteiger partial charge in [-0.25, -0.2) is 0 Å². The first-order valence-electron chi connectivity index (χ1n) is 7.39. The molecule has 0 saturated carbocycles. The molecule has 0 aromatic heterocycles. The first kappa shape index (κ1) is 17.0. The van der Waals surface area contributed by atoms with E-state index in [0.717, 1.165) is 32.4 Å². The van der Waals surface area contributed by atoms with Crippen LogP contribution in [0.3, 0.4) is 0 Å². The molecule has 1 fully saturated rings. The van der Waals surface area contributed by atoms with E-state index in [1.807, 2.05) is 0 Å². The summed E-state index contributed by atoms with van der Waals surface area (Å²) in [7, 11) is 2.10. The van der Waals surface area contributed by atoms with Crippen LogP contribution in [0.5, 0.6) is 0 Å². The van der Waals surface area contributed by atoms with Crippen molar-refractivity contribution in [2.45, 2.75) is 46.1 Å². The van der Waals surface area contributed by atoms with Crippen molar-refractivity contribution in [2.75, 3.05) is 26.7 Å². The zero-order valence-electron chi connectivity index (χ0n) is 13.1. The third-order valence-corrected chi connectivity index (χ3v) is 3.95. The number of rotatable bonds is 6. The Morgan fingerprint density at radius 3 is 2.60 bits per heavy atom. The second-order valence-corrected chi connectivity index (χ2v) is 5.82. The zero-order chi connectivity index (χ0) is 15.1. The maximum absolute atomic E-state index is 11.2. The van der Waals surface area contributed by atoms with Crippen molar-refractivity contribution in [3.8, 4) is 0 Å². The summed E-state index contributed by atoms with van der Waals surface area (Å²) in [5.74, 6) is 0.372. The number of carbonyl (C=O) groups excluding carboxylic acids is 2. The first-order chi connectivity index (χ1) is 9.40. The molecule has 0 amide bonds. The number of hydrogen-bond acceptors (Lipinski definition) is 5. The van der Waals surface area contributed by atoms with Crippen LogP contribution in [0, 0.1) is 11.8 Å². The predicted octanol–water partition coefficient (Wildman–Crippen LogP) is 1.85. The Morgan fingerprint density at radius 1 is 1.30 bits per heavy atom. The fourth-order valence-corrected chi connectivity index (χ4v) is 2.87. The molecule has 0 spiro atoms. The van der Waals surface area contributed by atoms with Crippen molar-refractivity contribution < 1.29 is 19.1 Å². The Labute approximate surface area is 121 Å². The predicted molar refractivity (Wildman–Crippen MR) is 76.2 cm³/mol. The van der Waals surface area contributed by atoms with Crippen molar-refractivity contribution in [1.82, 2.24) is 4.90 Å². The molecule has 0 aromatic rings. The van der Waals surface area contributed by atoms with Crippen LogP contribution < -0.4 is 0 Å². The van der Waals surface area contributed by atoms with Gasteiger partial charge in [-0.1, -0.05) is 6.92 Å². The molecule has 5 nitrogen and oxygen atoms in total. The Hall–Kier alpha value is -1.10. The number of esters is 2. The quantitative estimate of drug-likeness (QED) is 0.550. The number of nitrogens with zero attached hydrogens (tertiary/aromatic N) is 1. The van der Waals surface area contributed by atoms with Crippen molar-refractivity contribution in [3.63, 3.8) is 0 Å². The minimum absolute atomic E-state index is 0.0208. The molecule has 0 aromatic carbocycles. The monoisotopic (exact) mass is 285 g/mol. The van der Waals surface area contributed by atoms with Gasteiger partial charge in [0.1, 0.15) is 6.10 Å². The summed E-state index contributed by atoms with van der Waals surface area (Å²) in [5.41, 5.74) is 0. The number of hydrogen-bond donors (Lipinski definition) is 0. The van der Waals surface area contributed by atoms with E-state index in [4.69, 9.17) is 9.47 Å². The van der Waals surface area contributed by atoms with Gasteiger partial charge in [-0.3, -0.25) is 9.59 Å². The van der Waals surface area contributed by atoms with Crippen LogP contribution in [0.1, 0.15) is 40.0 Å². The van der Waals surface area contributed by atoms with E-state index in [-0.39, 0.29) is 18.0 Å². The summed E-state index contributed by atoms with van der Waals surface area (Å²) in [4.78, 5) is 24.2. The van der Waals surface area contributed by atoms with Gasteiger partial charge in [0.15, 0.2) is 0 Å². The lowest BCUT2D eigenvalue weighted by atomic mass is 9.82. The fourth-order valence-electron chi connectivity index (χ4n) is 2.87. The third kappa shape index (κ3) is 5.90. The Bertz CT molecular complexity index is 332. The second kappa shape index (κ2) is 8.25. The summed E-state index contributed by atoms with van der Waals surface area (Å²) in [6.45, 7) is 7.48. The smallest absolute Gasteiger partial charge is 0.302 e. The molecule has 3 atom stereocenters. The van der Waals surface area contributed by atoms with Crippen molar-refractivity contribution in [2.24, 2.45) is 11.8 Å². The maximum Gasteiger partial charge on any atom is 0.302 e. The molecule has 5 heteroatoms. The lowest BCUT2D eigenvalue weighted by molar-refractivity contribution is -0.153. The number of piperidine rings is 1. The van der Waals surface area contributed by atoms with E-state index < -0.39 is 0 Å². The maximum atomic E-state index is 11.2. The highest BCUT2D eigenvalue weighted by molar-refractivity contribution is 5.66. The molecule has 1 aliphatic heterocycles. The molecule has 0 bridgehead atoms. The average Bonchev–Trinajstić information content (AvgIpc) is 2.35. The lowest BCUT2D eigenvalue weighted by Crippen LogP contribution is -2.45. The molecule has 1 heterocycles. The Kier molecular flexibility index (Phi) is 6.99. The molecule has 1 saturated heterocycles. The highest BCUT2D eigenvalue weighted by Gasteiger charge is 2.33. The van der Waals surface area contributed by atoms with Gasteiger partial charge in [0.25, 0.3) is 0 Å². The van der Waals surface area contributed by atoms with Crippen LogP contribution in [-0.4, -0.2) is 49.7 Å². The SMILES string of the molecule is CC(=O)OCCCC(C)C1CN(C)CCC1OC(C)=O. The van der Waals surface area contributed by atoms with Crippen LogP contribution in [0.4, 0.5) is 0 Å². The molecule has 116 valence electrons. The number of likely N-dealkylation sites (tertiary alicyclic amines) is 1. The topological polar surface area (TPSA) is 55.8 Å². The van der Waals surface area contributed by atoms with Gasteiger partial charge < -0.3 is 14.4 Å². The van der Waals surface area contributed by atoms with Gasteiger partial charge in [-0.15, -0.1) is 0 Å². The van der Waals surface area contributed by atoms with Crippen molar-refractivity contribution >= 4 is 11.9 Å². The van der Waals surface area contributed by atoms with E-state index in [2.05, 4.69) is 18.9 Å². The van der Waals surface area contributed by atoms with Gasteiger partial charge >= 0.3 is 11.9 Å². The number of carbonyl (C=O) groups is 2. The standard InChI is InChI=1S/C15H27NO4/c1-11(6-5-9-19-12(2)17)14-10-16(4)8-7-15(14)20-13(3)18/h11,14-15H,5-10H2,1-4H3.